The zero-order valence-corrected chi connectivity index (χ0v) is 20.2. The van der Waals surface area contributed by atoms with Crippen LogP contribution in [0, 0.1) is 23.7 Å². The standard InChI is InChI=1S/C23H37NO9/c1-13-6-7-16-14(2)20(29-18(26)9-8-17(25)24-12-19(27-4)28-5)30-21-23(16)15(13)10-11-22(3,31-21)32-33-23/h13-16,19-21H,6-12H2,1-5H3,(H,24,25)/t13-,14-,15+,16+,20-,21-,22-,23-/m1/s1. The highest BCUT2D eigenvalue weighted by Gasteiger charge is 2.69. The van der Waals surface area contributed by atoms with Gasteiger partial charge in [-0.05, 0) is 38.0 Å². The molecule has 5 rings (SSSR count). The first-order valence-electron chi connectivity index (χ1n) is 11.9. The van der Waals surface area contributed by atoms with Crippen molar-refractivity contribution in [2.24, 2.45) is 23.7 Å². The minimum Gasteiger partial charge on any atom is -0.435 e. The van der Waals surface area contributed by atoms with Gasteiger partial charge in [0.2, 0.25) is 18.0 Å². The number of hydrogen-bond donors (Lipinski definition) is 1. The van der Waals surface area contributed by atoms with Crippen LogP contribution in [0.15, 0.2) is 0 Å². The van der Waals surface area contributed by atoms with Gasteiger partial charge in [-0.2, -0.15) is 0 Å². The largest absolute Gasteiger partial charge is 0.435 e. The van der Waals surface area contributed by atoms with Gasteiger partial charge in [0.05, 0.1) is 13.0 Å². The van der Waals surface area contributed by atoms with E-state index in [1.807, 2.05) is 13.8 Å². The van der Waals surface area contributed by atoms with E-state index in [-0.39, 0.29) is 43.0 Å². The number of carbonyl (C=O) groups is 2. The fourth-order valence-electron chi connectivity index (χ4n) is 5.96. The van der Waals surface area contributed by atoms with Crippen molar-refractivity contribution in [3.05, 3.63) is 0 Å². The highest BCUT2D eigenvalue weighted by Crippen LogP contribution is 2.60. The van der Waals surface area contributed by atoms with Gasteiger partial charge in [0.15, 0.2) is 18.2 Å². The van der Waals surface area contributed by atoms with Crippen molar-refractivity contribution < 1.29 is 43.0 Å². The third kappa shape index (κ3) is 4.66. The second-order valence-electron chi connectivity index (χ2n) is 9.97. The quantitative estimate of drug-likeness (QED) is 0.324. The highest BCUT2D eigenvalue weighted by atomic mass is 17.3. The lowest BCUT2D eigenvalue weighted by Crippen LogP contribution is -2.70. The molecule has 10 heteroatoms. The number of hydrogen-bond acceptors (Lipinski definition) is 9. The summed E-state index contributed by atoms with van der Waals surface area (Å²) in [6.45, 7) is 6.33. The van der Waals surface area contributed by atoms with Crippen molar-refractivity contribution in [1.29, 1.82) is 0 Å². The van der Waals surface area contributed by atoms with E-state index in [2.05, 4.69) is 12.2 Å². The molecule has 4 aliphatic heterocycles. The maximum Gasteiger partial charge on any atom is 0.308 e. The van der Waals surface area contributed by atoms with E-state index < -0.39 is 36.2 Å². The molecule has 8 atom stereocenters. The second-order valence-corrected chi connectivity index (χ2v) is 9.97. The summed E-state index contributed by atoms with van der Waals surface area (Å²) in [6.07, 6.45) is 1.61. The number of carbonyl (C=O) groups excluding carboxylic acids is 2. The molecule has 188 valence electrons. The molecule has 4 heterocycles. The first-order chi connectivity index (χ1) is 15.7. The van der Waals surface area contributed by atoms with E-state index in [1.165, 1.54) is 14.2 Å². The fraction of sp³-hybridized carbons (Fsp3) is 0.913. The van der Waals surface area contributed by atoms with Crippen LogP contribution in [0.4, 0.5) is 0 Å². The average molecular weight is 472 g/mol. The molecule has 1 aliphatic carbocycles. The normalized spacial score (nSPS) is 41.9. The number of methoxy groups -OCH3 is 2. The van der Waals surface area contributed by atoms with Crippen LogP contribution in [0.2, 0.25) is 0 Å². The van der Waals surface area contributed by atoms with Crippen LogP contribution in [0.3, 0.4) is 0 Å². The number of rotatable bonds is 8. The maximum atomic E-state index is 12.6. The minimum absolute atomic E-state index is 0.00197. The van der Waals surface area contributed by atoms with Crippen LogP contribution >= 0.6 is 0 Å². The molecule has 0 aromatic rings. The maximum absolute atomic E-state index is 12.6. The molecule has 2 bridgehead atoms. The second kappa shape index (κ2) is 9.75. The Morgan fingerprint density at radius 1 is 1.06 bits per heavy atom. The predicted octanol–water partition coefficient (Wildman–Crippen LogP) is 2.25. The summed E-state index contributed by atoms with van der Waals surface area (Å²) in [5.74, 6) is -0.982. The number of fused-ring (bicyclic) bond motifs is 2. The van der Waals surface area contributed by atoms with Crippen LogP contribution in [-0.4, -0.2) is 62.9 Å². The average Bonchev–Trinajstić information content (AvgIpc) is 3.02. The number of nitrogens with one attached hydrogen (secondary N) is 1. The fourth-order valence-corrected chi connectivity index (χ4v) is 5.96. The Morgan fingerprint density at radius 2 is 1.82 bits per heavy atom. The summed E-state index contributed by atoms with van der Waals surface area (Å²) in [5, 5.41) is 2.67. The molecule has 0 unspecified atom stereocenters. The van der Waals surface area contributed by atoms with E-state index in [9.17, 15) is 9.59 Å². The SMILES string of the molecule is COC(CNC(=O)CCC(=O)O[C@@H]1O[C@@H]2O[C@@]3(C)CC[C@H]4[C@H](C)CC[C@@H]([C@H]1C)[C@@]24OO3)OC. The molecule has 5 fully saturated rings. The summed E-state index contributed by atoms with van der Waals surface area (Å²) in [6, 6.07) is 0. The number of amides is 1. The van der Waals surface area contributed by atoms with Crippen LogP contribution in [0.1, 0.15) is 59.3 Å². The lowest BCUT2D eigenvalue weighted by molar-refractivity contribution is -0.576. The van der Waals surface area contributed by atoms with Gasteiger partial charge in [-0.1, -0.05) is 13.8 Å². The first kappa shape index (κ1) is 24.8. The minimum atomic E-state index is -0.882. The van der Waals surface area contributed by atoms with Gasteiger partial charge in [0, 0.05) is 38.9 Å². The van der Waals surface area contributed by atoms with Gasteiger partial charge in [-0.25, -0.2) is 9.78 Å². The molecule has 1 spiro atoms. The van der Waals surface area contributed by atoms with E-state index in [4.69, 9.17) is 33.5 Å². The topological polar surface area (TPSA) is 111 Å². The Labute approximate surface area is 194 Å². The molecular weight excluding hydrogens is 434 g/mol. The molecule has 0 aromatic heterocycles. The molecule has 5 aliphatic rings. The Kier molecular flexibility index (Phi) is 7.33. The Balaban J connectivity index is 1.38. The monoisotopic (exact) mass is 471 g/mol. The van der Waals surface area contributed by atoms with Crippen LogP contribution in [0.5, 0.6) is 0 Å². The Morgan fingerprint density at radius 3 is 2.55 bits per heavy atom. The van der Waals surface area contributed by atoms with Crippen molar-refractivity contribution in [1.82, 2.24) is 5.32 Å². The summed E-state index contributed by atoms with van der Waals surface area (Å²) >= 11 is 0. The lowest BCUT2D eigenvalue weighted by Gasteiger charge is -2.59. The Bertz CT molecular complexity index is 731. The van der Waals surface area contributed by atoms with E-state index in [0.29, 0.717) is 5.92 Å². The third-order valence-corrected chi connectivity index (χ3v) is 7.89. The summed E-state index contributed by atoms with van der Waals surface area (Å²) in [5.41, 5.74) is -0.699. The molecule has 0 aromatic carbocycles. The van der Waals surface area contributed by atoms with Gasteiger partial charge in [-0.3, -0.25) is 9.59 Å². The lowest BCUT2D eigenvalue weighted by atomic mass is 9.58. The molecular formula is C23H37NO9. The van der Waals surface area contributed by atoms with E-state index >= 15 is 0 Å². The van der Waals surface area contributed by atoms with Gasteiger partial charge in [0.1, 0.15) is 0 Å². The predicted molar refractivity (Wildman–Crippen MR) is 113 cm³/mol. The van der Waals surface area contributed by atoms with E-state index in [0.717, 1.165) is 25.7 Å². The van der Waals surface area contributed by atoms with Gasteiger partial charge >= 0.3 is 5.97 Å². The summed E-state index contributed by atoms with van der Waals surface area (Å²) in [4.78, 5) is 36.5. The zero-order chi connectivity index (χ0) is 23.8. The van der Waals surface area contributed by atoms with Crippen LogP contribution < -0.4 is 5.32 Å². The Hall–Kier alpha value is -1.30. The summed E-state index contributed by atoms with van der Waals surface area (Å²) in [7, 11) is 2.98. The first-order valence-corrected chi connectivity index (χ1v) is 11.9. The van der Waals surface area contributed by atoms with E-state index in [1.54, 1.807) is 0 Å². The molecule has 1 amide bonds. The molecule has 33 heavy (non-hydrogen) atoms. The highest BCUT2D eigenvalue weighted by molar-refractivity contribution is 5.81. The molecule has 0 radical (unpaired) electrons. The molecule has 4 saturated heterocycles. The number of ether oxygens (including phenoxy) is 5. The summed E-state index contributed by atoms with van der Waals surface area (Å²) < 4.78 is 28.3. The molecule has 10 nitrogen and oxygen atoms in total. The molecule has 1 N–H and O–H groups in total. The van der Waals surface area contributed by atoms with Crippen molar-refractivity contribution >= 4 is 11.9 Å². The van der Waals surface area contributed by atoms with Gasteiger partial charge in [-0.15, -0.1) is 0 Å². The zero-order valence-electron chi connectivity index (χ0n) is 20.2. The van der Waals surface area contributed by atoms with Gasteiger partial charge in [0.25, 0.3) is 0 Å². The van der Waals surface area contributed by atoms with Crippen LogP contribution in [0.25, 0.3) is 0 Å². The third-order valence-electron chi connectivity index (χ3n) is 7.89. The van der Waals surface area contributed by atoms with Crippen molar-refractivity contribution in [2.45, 2.75) is 89.6 Å². The van der Waals surface area contributed by atoms with Crippen molar-refractivity contribution in [3.8, 4) is 0 Å². The number of esters is 1. The van der Waals surface area contributed by atoms with Crippen molar-refractivity contribution in [3.63, 3.8) is 0 Å². The van der Waals surface area contributed by atoms with Crippen molar-refractivity contribution in [2.75, 3.05) is 20.8 Å². The van der Waals surface area contributed by atoms with Gasteiger partial charge < -0.3 is 29.0 Å². The molecule has 1 saturated carbocycles. The smallest absolute Gasteiger partial charge is 0.308 e. The van der Waals surface area contributed by atoms with Crippen LogP contribution in [-0.2, 0) is 43.0 Å².